The number of methoxy groups -OCH3 is 1. The zero-order chi connectivity index (χ0) is 14.7. The third-order valence-electron chi connectivity index (χ3n) is 3.01. The van der Waals surface area contributed by atoms with Crippen LogP contribution in [0.25, 0.3) is 0 Å². The summed E-state index contributed by atoms with van der Waals surface area (Å²) in [5.41, 5.74) is 8.36. The van der Waals surface area contributed by atoms with Crippen LogP contribution in [-0.2, 0) is 0 Å². The number of anilines is 2. The summed E-state index contributed by atoms with van der Waals surface area (Å²) in [5.74, 6) is 0.132. The van der Waals surface area contributed by atoms with Gasteiger partial charge in [-0.3, -0.25) is 4.79 Å². The quantitative estimate of drug-likeness (QED) is 0.843. The van der Waals surface area contributed by atoms with Gasteiger partial charge in [0, 0.05) is 10.2 Å². The zero-order valence-electron chi connectivity index (χ0n) is 11.2. The third kappa shape index (κ3) is 2.77. The first-order valence-electron chi connectivity index (χ1n) is 6.03. The fourth-order valence-corrected chi connectivity index (χ4v) is 2.26. The number of benzene rings is 2. The number of rotatable bonds is 3. The molecule has 0 aliphatic rings. The van der Waals surface area contributed by atoms with E-state index in [1.165, 1.54) is 7.11 Å². The summed E-state index contributed by atoms with van der Waals surface area (Å²) in [5, 5.41) is 2.86. The molecule has 2 rings (SSSR count). The lowest BCUT2D eigenvalue weighted by Gasteiger charge is -2.13. The van der Waals surface area contributed by atoms with E-state index in [9.17, 15) is 4.79 Å². The lowest BCUT2D eigenvalue weighted by Crippen LogP contribution is -2.14. The number of carbonyl (C=O) groups is 1. The molecule has 0 spiro atoms. The fourth-order valence-electron chi connectivity index (χ4n) is 1.89. The highest BCUT2D eigenvalue weighted by Crippen LogP contribution is 2.28. The van der Waals surface area contributed by atoms with Crippen molar-refractivity contribution in [1.82, 2.24) is 0 Å². The molecular weight excluding hydrogens is 320 g/mol. The lowest BCUT2D eigenvalue weighted by atomic mass is 10.1. The molecule has 0 unspecified atom stereocenters. The predicted molar refractivity (Wildman–Crippen MR) is 84.2 cm³/mol. The second-order valence-corrected chi connectivity index (χ2v) is 5.15. The molecule has 4 nitrogen and oxygen atoms in total. The molecule has 20 heavy (non-hydrogen) atoms. The summed E-state index contributed by atoms with van der Waals surface area (Å²) in [7, 11) is 1.49. The summed E-state index contributed by atoms with van der Waals surface area (Å²) < 4.78 is 6.13. The number of ether oxygens (including phenoxy) is 1. The van der Waals surface area contributed by atoms with Crippen molar-refractivity contribution in [3.05, 3.63) is 52.0 Å². The van der Waals surface area contributed by atoms with Gasteiger partial charge in [0.25, 0.3) is 5.91 Å². The van der Waals surface area contributed by atoms with Crippen LogP contribution >= 0.6 is 15.9 Å². The van der Waals surface area contributed by atoms with Crippen LogP contribution in [0.2, 0.25) is 0 Å². The predicted octanol–water partition coefficient (Wildman–Crippen LogP) is 3.60. The standard InChI is InChI=1S/C15H15BrN2O2/c1-9-11(16)6-4-8-13(9)18-15(19)10-5-3-7-12(17)14(10)20-2/h3-8H,17H2,1-2H3,(H,18,19). The van der Waals surface area contributed by atoms with E-state index in [4.69, 9.17) is 10.5 Å². The molecule has 2 aromatic rings. The molecule has 104 valence electrons. The van der Waals surface area contributed by atoms with Crippen LogP contribution in [-0.4, -0.2) is 13.0 Å². The summed E-state index contributed by atoms with van der Waals surface area (Å²) in [6.45, 7) is 1.93. The van der Waals surface area contributed by atoms with E-state index in [0.717, 1.165) is 15.7 Å². The van der Waals surface area contributed by atoms with E-state index in [0.29, 0.717) is 17.0 Å². The van der Waals surface area contributed by atoms with Crippen LogP contribution in [0.15, 0.2) is 40.9 Å². The van der Waals surface area contributed by atoms with Crippen LogP contribution in [0.5, 0.6) is 5.75 Å². The second kappa shape index (κ2) is 5.96. The molecule has 0 atom stereocenters. The highest BCUT2D eigenvalue weighted by molar-refractivity contribution is 9.10. The van der Waals surface area contributed by atoms with Gasteiger partial charge in [0.15, 0.2) is 5.75 Å². The summed E-state index contributed by atoms with van der Waals surface area (Å²) in [6.07, 6.45) is 0. The van der Waals surface area contributed by atoms with Gasteiger partial charge in [-0.25, -0.2) is 0 Å². The van der Waals surface area contributed by atoms with E-state index >= 15 is 0 Å². The van der Waals surface area contributed by atoms with Crippen molar-refractivity contribution < 1.29 is 9.53 Å². The Bertz CT molecular complexity index is 656. The zero-order valence-corrected chi connectivity index (χ0v) is 12.8. The van der Waals surface area contributed by atoms with Crippen molar-refractivity contribution in [1.29, 1.82) is 0 Å². The molecule has 0 aromatic heterocycles. The van der Waals surface area contributed by atoms with E-state index in [1.54, 1.807) is 18.2 Å². The summed E-state index contributed by atoms with van der Waals surface area (Å²) in [6, 6.07) is 10.7. The number of para-hydroxylation sites is 1. The minimum Gasteiger partial charge on any atom is -0.494 e. The number of carbonyl (C=O) groups excluding carboxylic acids is 1. The van der Waals surface area contributed by atoms with Crippen LogP contribution < -0.4 is 15.8 Å². The van der Waals surface area contributed by atoms with Gasteiger partial charge in [-0.15, -0.1) is 0 Å². The molecule has 0 saturated carbocycles. The van der Waals surface area contributed by atoms with E-state index in [-0.39, 0.29) is 5.91 Å². The SMILES string of the molecule is COc1c(N)cccc1C(=O)Nc1cccc(Br)c1C. The van der Waals surface area contributed by atoms with Gasteiger partial charge < -0.3 is 15.8 Å². The van der Waals surface area contributed by atoms with Crippen molar-refractivity contribution in [2.45, 2.75) is 6.92 Å². The minimum absolute atomic E-state index is 0.254. The molecule has 2 aromatic carbocycles. The maximum absolute atomic E-state index is 12.3. The molecule has 0 aliphatic carbocycles. The average Bonchev–Trinajstić information content (AvgIpc) is 2.43. The first kappa shape index (κ1) is 14.4. The highest BCUT2D eigenvalue weighted by atomic mass is 79.9. The van der Waals surface area contributed by atoms with Crippen LogP contribution in [0.4, 0.5) is 11.4 Å². The Morgan fingerprint density at radius 2 is 1.95 bits per heavy atom. The lowest BCUT2D eigenvalue weighted by molar-refractivity contribution is 0.102. The summed E-state index contributed by atoms with van der Waals surface area (Å²) >= 11 is 3.44. The Balaban J connectivity index is 2.34. The molecule has 0 bridgehead atoms. The van der Waals surface area contributed by atoms with Crippen LogP contribution in [0.3, 0.4) is 0 Å². The first-order valence-corrected chi connectivity index (χ1v) is 6.83. The van der Waals surface area contributed by atoms with E-state index in [2.05, 4.69) is 21.2 Å². The Kier molecular flexibility index (Phi) is 4.29. The monoisotopic (exact) mass is 334 g/mol. The van der Waals surface area contributed by atoms with Crippen LogP contribution in [0, 0.1) is 6.92 Å². The fraction of sp³-hybridized carbons (Fsp3) is 0.133. The molecule has 0 heterocycles. The Hall–Kier alpha value is -2.01. The van der Waals surface area contributed by atoms with Gasteiger partial charge in [0.05, 0.1) is 18.4 Å². The molecule has 1 amide bonds. The van der Waals surface area contributed by atoms with Gasteiger partial charge in [-0.2, -0.15) is 0 Å². The van der Waals surface area contributed by atoms with Gasteiger partial charge in [-0.1, -0.05) is 28.1 Å². The Morgan fingerprint density at radius 3 is 2.65 bits per heavy atom. The summed E-state index contributed by atoms with van der Waals surface area (Å²) in [4.78, 5) is 12.3. The molecule has 0 saturated heterocycles. The molecule has 0 fully saturated rings. The topological polar surface area (TPSA) is 64.3 Å². The molecule has 0 aliphatic heterocycles. The number of amides is 1. The smallest absolute Gasteiger partial charge is 0.259 e. The van der Waals surface area contributed by atoms with Crippen molar-refractivity contribution in [3.63, 3.8) is 0 Å². The number of nitrogens with two attached hydrogens (primary N) is 1. The molecule has 5 heteroatoms. The number of hydrogen-bond donors (Lipinski definition) is 2. The Labute approximate surface area is 126 Å². The molecular formula is C15H15BrN2O2. The number of halogens is 1. The maximum atomic E-state index is 12.3. The number of hydrogen-bond acceptors (Lipinski definition) is 3. The van der Waals surface area contributed by atoms with Crippen LogP contribution in [0.1, 0.15) is 15.9 Å². The largest absolute Gasteiger partial charge is 0.494 e. The van der Waals surface area contributed by atoms with E-state index in [1.807, 2.05) is 25.1 Å². The minimum atomic E-state index is -0.254. The third-order valence-corrected chi connectivity index (χ3v) is 3.87. The Morgan fingerprint density at radius 1 is 1.25 bits per heavy atom. The number of nitrogens with one attached hydrogen (secondary N) is 1. The maximum Gasteiger partial charge on any atom is 0.259 e. The second-order valence-electron chi connectivity index (χ2n) is 4.29. The van der Waals surface area contributed by atoms with E-state index < -0.39 is 0 Å². The van der Waals surface area contributed by atoms with Gasteiger partial charge in [0.1, 0.15) is 0 Å². The van der Waals surface area contributed by atoms with Crippen molar-refractivity contribution in [3.8, 4) is 5.75 Å². The molecule has 3 N–H and O–H groups in total. The van der Waals surface area contributed by atoms with Crippen molar-refractivity contribution >= 4 is 33.2 Å². The van der Waals surface area contributed by atoms with Gasteiger partial charge in [-0.05, 0) is 36.8 Å². The first-order chi connectivity index (χ1) is 9.54. The van der Waals surface area contributed by atoms with Crippen molar-refractivity contribution in [2.24, 2.45) is 0 Å². The van der Waals surface area contributed by atoms with Gasteiger partial charge in [0.2, 0.25) is 0 Å². The molecule has 0 radical (unpaired) electrons. The van der Waals surface area contributed by atoms with Gasteiger partial charge >= 0.3 is 0 Å². The average molecular weight is 335 g/mol. The highest BCUT2D eigenvalue weighted by Gasteiger charge is 2.15. The normalized spacial score (nSPS) is 10.2. The van der Waals surface area contributed by atoms with Crippen molar-refractivity contribution in [2.75, 3.05) is 18.2 Å². The number of nitrogen functional groups attached to an aromatic ring is 1.